The molecule has 0 bridgehead atoms. The van der Waals surface area contributed by atoms with Crippen LogP contribution in [0.2, 0.25) is 0 Å². The summed E-state index contributed by atoms with van der Waals surface area (Å²) in [4.78, 5) is 20.6. The van der Waals surface area contributed by atoms with Crippen LogP contribution in [-0.4, -0.2) is 59.5 Å². The van der Waals surface area contributed by atoms with Gasteiger partial charge in [0, 0.05) is 36.9 Å². The predicted molar refractivity (Wildman–Crippen MR) is 115 cm³/mol. The smallest absolute Gasteiger partial charge is 0.257 e. The lowest BCUT2D eigenvalue weighted by Gasteiger charge is -2.26. The second-order valence-electron chi connectivity index (χ2n) is 6.89. The van der Waals surface area contributed by atoms with E-state index < -0.39 is 0 Å². The summed E-state index contributed by atoms with van der Waals surface area (Å²) in [5, 5.41) is 0. The summed E-state index contributed by atoms with van der Waals surface area (Å²) in [5.74, 6) is 1.92. The van der Waals surface area contributed by atoms with Gasteiger partial charge < -0.3 is 18.9 Å². The molecule has 1 aliphatic rings. The average Bonchev–Trinajstić information content (AvgIpc) is 3.16. The van der Waals surface area contributed by atoms with E-state index in [2.05, 4.69) is 21.7 Å². The first-order valence-corrected chi connectivity index (χ1v) is 10.8. The van der Waals surface area contributed by atoms with Crippen molar-refractivity contribution in [2.45, 2.75) is 17.9 Å². The number of hydrogen-bond acceptors (Lipinski definition) is 5. The van der Waals surface area contributed by atoms with Gasteiger partial charge in [0.25, 0.3) is 5.91 Å². The van der Waals surface area contributed by atoms with Gasteiger partial charge in [0.15, 0.2) is 0 Å². The second-order valence-corrected chi connectivity index (χ2v) is 8.06. The predicted octanol–water partition coefficient (Wildman–Crippen LogP) is 3.70. The second kappa shape index (κ2) is 9.33. The molecule has 3 heterocycles. The molecule has 0 spiro atoms. The molecule has 152 valence electrons. The fourth-order valence-corrected chi connectivity index (χ4v) is 4.34. The summed E-state index contributed by atoms with van der Waals surface area (Å²) < 4.78 is 12.7. The number of thioether (sulfide) groups is 1. The Morgan fingerprint density at radius 1 is 1.21 bits per heavy atom. The van der Waals surface area contributed by atoms with Gasteiger partial charge >= 0.3 is 0 Å². The number of morpholine rings is 1. The van der Waals surface area contributed by atoms with Crippen LogP contribution >= 0.6 is 11.8 Å². The number of carbonyl (C=O) groups excluding carboxylic acids is 1. The zero-order valence-corrected chi connectivity index (χ0v) is 17.4. The first kappa shape index (κ1) is 19.8. The Labute approximate surface area is 174 Å². The number of rotatable bonds is 7. The van der Waals surface area contributed by atoms with Crippen molar-refractivity contribution >= 4 is 28.7 Å². The minimum atomic E-state index is 0.0448. The van der Waals surface area contributed by atoms with Crippen LogP contribution in [0.15, 0.2) is 53.7 Å². The Morgan fingerprint density at radius 3 is 2.76 bits per heavy atom. The Balaban J connectivity index is 1.42. The summed E-state index contributed by atoms with van der Waals surface area (Å²) >= 11 is 1.83. The first-order chi connectivity index (χ1) is 14.3. The third-order valence-corrected chi connectivity index (χ3v) is 6.13. The molecular formula is C22H25N3O3S. The molecule has 7 heteroatoms. The topological polar surface area (TPSA) is 56.6 Å². The summed E-state index contributed by atoms with van der Waals surface area (Å²) in [5.41, 5.74) is 2.48. The van der Waals surface area contributed by atoms with Gasteiger partial charge in [-0.25, -0.2) is 0 Å². The molecule has 0 aliphatic carbocycles. The van der Waals surface area contributed by atoms with Crippen molar-refractivity contribution < 1.29 is 14.3 Å². The molecule has 1 aromatic carbocycles. The maximum absolute atomic E-state index is 13.0. The Morgan fingerprint density at radius 2 is 2.00 bits per heavy atom. The quantitative estimate of drug-likeness (QED) is 0.438. The summed E-state index contributed by atoms with van der Waals surface area (Å²) in [6.45, 7) is 3.32. The van der Waals surface area contributed by atoms with E-state index in [-0.39, 0.29) is 5.91 Å². The molecule has 4 rings (SSSR count). The van der Waals surface area contributed by atoms with Crippen molar-refractivity contribution in [2.24, 2.45) is 0 Å². The summed E-state index contributed by atoms with van der Waals surface area (Å²) in [6.07, 6.45) is 4.72. The number of nitrogens with zero attached hydrogens (tertiary/aromatic N) is 3. The number of amides is 1. The molecule has 29 heavy (non-hydrogen) atoms. The largest absolute Gasteiger partial charge is 0.497 e. The molecule has 6 nitrogen and oxygen atoms in total. The number of hydrogen-bond donors (Lipinski definition) is 0. The Hall–Kier alpha value is -2.51. The van der Waals surface area contributed by atoms with Gasteiger partial charge in [0.2, 0.25) is 0 Å². The molecule has 3 aromatic rings. The lowest BCUT2D eigenvalue weighted by Crippen LogP contribution is -2.40. The third-order valence-electron chi connectivity index (χ3n) is 5.04. The van der Waals surface area contributed by atoms with Gasteiger partial charge in [-0.3, -0.25) is 9.78 Å². The fraction of sp³-hybridized carbons (Fsp3) is 0.364. The van der Waals surface area contributed by atoms with Crippen molar-refractivity contribution in [3.05, 3.63) is 54.4 Å². The van der Waals surface area contributed by atoms with Gasteiger partial charge in [0.05, 0.1) is 31.4 Å². The number of benzene rings is 1. The van der Waals surface area contributed by atoms with E-state index in [1.54, 1.807) is 13.3 Å². The highest BCUT2D eigenvalue weighted by Gasteiger charge is 2.23. The lowest BCUT2D eigenvalue weighted by atomic mass is 10.2. The minimum Gasteiger partial charge on any atom is -0.497 e. The van der Waals surface area contributed by atoms with E-state index in [1.165, 1.54) is 4.90 Å². The fourth-order valence-electron chi connectivity index (χ4n) is 3.50. The number of methoxy groups -OCH3 is 1. The molecule has 0 radical (unpaired) electrons. The van der Waals surface area contributed by atoms with Crippen LogP contribution in [0.3, 0.4) is 0 Å². The Kier molecular flexibility index (Phi) is 6.36. The first-order valence-electron chi connectivity index (χ1n) is 9.84. The molecule has 2 aromatic heterocycles. The molecule has 1 aliphatic heterocycles. The number of ether oxygens (including phenoxy) is 2. The highest BCUT2D eigenvalue weighted by atomic mass is 32.2. The number of aromatic nitrogens is 2. The van der Waals surface area contributed by atoms with Crippen LogP contribution in [-0.2, 0) is 11.3 Å². The summed E-state index contributed by atoms with van der Waals surface area (Å²) in [6, 6.07) is 12.1. The van der Waals surface area contributed by atoms with Crippen molar-refractivity contribution in [3.63, 3.8) is 0 Å². The monoisotopic (exact) mass is 411 g/mol. The van der Waals surface area contributed by atoms with Crippen LogP contribution < -0.4 is 4.74 Å². The zero-order valence-electron chi connectivity index (χ0n) is 16.5. The molecule has 0 unspecified atom stereocenters. The Bertz CT molecular complexity index is 965. The van der Waals surface area contributed by atoms with E-state index in [0.717, 1.165) is 35.5 Å². The lowest BCUT2D eigenvalue weighted by molar-refractivity contribution is 0.0304. The standard InChI is InChI=1S/C22H25N3O3S/c1-27-17-5-7-18(8-6-17)29-15-3-10-25-16-19(21-20(25)4-2-9-23-21)22(26)24-11-13-28-14-12-24/h2,4-9,16H,3,10-15H2,1H3. The highest BCUT2D eigenvalue weighted by molar-refractivity contribution is 7.99. The molecule has 0 saturated carbocycles. The van der Waals surface area contributed by atoms with Crippen LogP contribution in [0.5, 0.6) is 5.75 Å². The van der Waals surface area contributed by atoms with Gasteiger partial charge in [-0.15, -0.1) is 11.8 Å². The summed E-state index contributed by atoms with van der Waals surface area (Å²) in [7, 11) is 1.68. The van der Waals surface area contributed by atoms with Gasteiger partial charge in [-0.05, 0) is 48.6 Å². The highest BCUT2D eigenvalue weighted by Crippen LogP contribution is 2.24. The normalized spacial score (nSPS) is 14.3. The molecular weight excluding hydrogens is 386 g/mol. The SMILES string of the molecule is COc1ccc(SCCCn2cc(C(=O)N3CCOCC3)c3ncccc32)cc1. The van der Waals surface area contributed by atoms with Crippen LogP contribution in [0.1, 0.15) is 16.8 Å². The molecule has 1 amide bonds. The van der Waals surface area contributed by atoms with Crippen molar-refractivity contribution in [1.82, 2.24) is 14.5 Å². The zero-order chi connectivity index (χ0) is 20.1. The number of pyridine rings is 1. The van der Waals surface area contributed by atoms with E-state index in [4.69, 9.17) is 9.47 Å². The molecule has 1 saturated heterocycles. The van der Waals surface area contributed by atoms with E-state index in [9.17, 15) is 4.79 Å². The van der Waals surface area contributed by atoms with E-state index >= 15 is 0 Å². The van der Waals surface area contributed by atoms with E-state index in [1.807, 2.05) is 47.1 Å². The molecule has 0 atom stereocenters. The van der Waals surface area contributed by atoms with Crippen molar-refractivity contribution in [2.75, 3.05) is 39.2 Å². The maximum atomic E-state index is 13.0. The minimum absolute atomic E-state index is 0.0448. The van der Waals surface area contributed by atoms with Crippen molar-refractivity contribution in [1.29, 1.82) is 0 Å². The van der Waals surface area contributed by atoms with Crippen LogP contribution in [0, 0.1) is 0 Å². The third kappa shape index (κ3) is 4.57. The van der Waals surface area contributed by atoms with E-state index in [0.29, 0.717) is 31.9 Å². The number of aryl methyl sites for hydroxylation is 1. The molecule has 0 N–H and O–H groups in total. The van der Waals surface area contributed by atoms with Crippen LogP contribution in [0.4, 0.5) is 0 Å². The molecule has 1 fully saturated rings. The number of fused-ring (bicyclic) bond motifs is 1. The van der Waals surface area contributed by atoms with Crippen LogP contribution in [0.25, 0.3) is 11.0 Å². The van der Waals surface area contributed by atoms with Gasteiger partial charge in [-0.1, -0.05) is 0 Å². The van der Waals surface area contributed by atoms with Crippen molar-refractivity contribution in [3.8, 4) is 5.75 Å². The average molecular weight is 412 g/mol. The maximum Gasteiger partial charge on any atom is 0.257 e. The van der Waals surface area contributed by atoms with Gasteiger partial charge in [0.1, 0.15) is 11.3 Å². The van der Waals surface area contributed by atoms with Gasteiger partial charge in [-0.2, -0.15) is 0 Å². The number of carbonyl (C=O) groups is 1.